The number of hydrogen-bond acceptors (Lipinski definition) is 4. The monoisotopic (exact) mass is 196 g/mol. The molecule has 0 saturated carbocycles. The highest BCUT2D eigenvalue weighted by Gasteiger charge is 2.10. The maximum Gasteiger partial charge on any atom is 0.348 e. The van der Waals surface area contributed by atoms with Gasteiger partial charge in [0.25, 0.3) is 0 Å². The van der Waals surface area contributed by atoms with Crippen LogP contribution in [-0.4, -0.2) is 19.4 Å². The van der Waals surface area contributed by atoms with Gasteiger partial charge in [0.1, 0.15) is 11.2 Å². The fraction of sp³-hybridized carbons (Fsp3) is 0.111. The van der Waals surface area contributed by atoms with E-state index in [1.807, 2.05) is 0 Å². The fourth-order valence-electron chi connectivity index (χ4n) is 0.852. The minimum absolute atomic E-state index is 0.374. The highest BCUT2D eigenvalue weighted by molar-refractivity contribution is 7.12. The molecule has 0 spiro atoms. The van der Waals surface area contributed by atoms with E-state index in [-0.39, 0.29) is 5.97 Å². The molecule has 4 heteroatoms. The third-order valence-electron chi connectivity index (χ3n) is 1.42. The van der Waals surface area contributed by atoms with Crippen LogP contribution in [0, 0.1) is 0 Å². The quantitative estimate of drug-likeness (QED) is 0.420. The number of hydrogen-bond donors (Lipinski definition) is 0. The molecule has 0 aliphatic heterocycles. The van der Waals surface area contributed by atoms with Crippen LogP contribution in [0.25, 0.3) is 6.08 Å². The smallest absolute Gasteiger partial charge is 0.348 e. The van der Waals surface area contributed by atoms with Crippen LogP contribution in [0.5, 0.6) is 0 Å². The van der Waals surface area contributed by atoms with Crippen molar-refractivity contribution in [3.05, 3.63) is 28.0 Å². The minimum atomic E-state index is -0.374. The van der Waals surface area contributed by atoms with Gasteiger partial charge in [-0.05, 0) is 23.1 Å². The Morgan fingerprint density at radius 2 is 2.38 bits per heavy atom. The maximum absolute atomic E-state index is 11.1. The molecule has 0 bridgehead atoms. The summed E-state index contributed by atoms with van der Waals surface area (Å²) in [6, 6.07) is 1.76. The zero-order valence-corrected chi connectivity index (χ0v) is 7.84. The Bertz CT molecular complexity index is 338. The van der Waals surface area contributed by atoms with Gasteiger partial charge in [-0.2, -0.15) is 0 Å². The topological polar surface area (TPSA) is 43.4 Å². The number of aldehydes is 1. The van der Waals surface area contributed by atoms with Gasteiger partial charge in [-0.3, -0.25) is 4.79 Å². The number of thiophene rings is 1. The molecule has 0 amide bonds. The predicted molar refractivity (Wildman–Crippen MR) is 50.8 cm³/mol. The molecule has 68 valence electrons. The van der Waals surface area contributed by atoms with Gasteiger partial charge in [0.2, 0.25) is 0 Å². The second-order valence-electron chi connectivity index (χ2n) is 2.19. The molecular weight excluding hydrogens is 188 g/mol. The number of methoxy groups -OCH3 is 1. The largest absolute Gasteiger partial charge is 0.465 e. The summed E-state index contributed by atoms with van der Waals surface area (Å²) < 4.78 is 4.56. The molecule has 0 fully saturated rings. The first kappa shape index (κ1) is 9.67. The molecule has 0 saturated heterocycles. The second kappa shape index (κ2) is 4.57. The summed E-state index contributed by atoms with van der Waals surface area (Å²) in [6.45, 7) is 0. The molecule has 0 radical (unpaired) electrons. The Hall–Kier alpha value is -1.42. The van der Waals surface area contributed by atoms with E-state index in [4.69, 9.17) is 0 Å². The average molecular weight is 196 g/mol. The van der Waals surface area contributed by atoms with Crippen LogP contribution in [0.2, 0.25) is 0 Å². The van der Waals surface area contributed by atoms with E-state index in [1.165, 1.54) is 24.5 Å². The van der Waals surface area contributed by atoms with Crippen molar-refractivity contribution < 1.29 is 14.3 Å². The number of carbonyl (C=O) groups is 2. The van der Waals surface area contributed by atoms with Crippen molar-refractivity contribution in [3.8, 4) is 0 Å². The molecule has 0 aliphatic rings. The molecule has 0 aromatic carbocycles. The predicted octanol–water partition coefficient (Wildman–Crippen LogP) is 1.75. The summed E-state index contributed by atoms with van der Waals surface area (Å²) >= 11 is 1.29. The number of esters is 1. The lowest BCUT2D eigenvalue weighted by Crippen LogP contribution is -1.99. The summed E-state index contributed by atoms with van der Waals surface area (Å²) in [5, 5.41) is 1.77. The van der Waals surface area contributed by atoms with Crippen LogP contribution in [-0.2, 0) is 9.53 Å². The average Bonchev–Trinajstić information content (AvgIpc) is 2.61. The van der Waals surface area contributed by atoms with Crippen LogP contribution >= 0.6 is 11.3 Å². The summed E-state index contributed by atoms with van der Waals surface area (Å²) in [5.74, 6) is -0.374. The van der Waals surface area contributed by atoms with E-state index in [2.05, 4.69) is 4.74 Å². The Labute approximate surface area is 79.6 Å². The van der Waals surface area contributed by atoms with Crippen LogP contribution in [0.3, 0.4) is 0 Å². The number of allylic oxidation sites excluding steroid dienone is 1. The van der Waals surface area contributed by atoms with Gasteiger partial charge in [-0.15, -0.1) is 11.3 Å². The van der Waals surface area contributed by atoms with Gasteiger partial charge < -0.3 is 4.74 Å². The normalized spacial score (nSPS) is 10.2. The summed E-state index contributed by atoms with van der Waals surface area (Å²) in [5.41, 5.74) is 0.712. The lowest BCUT2D eigenvalue weighted by molar-refractivity contribution is -0.104. The molecule has 1 rings (SSSR count). The first-order valence-corrected chi connectivity index (χ1v) is 4.45. The molecule has 0 aliphatic carbocycles. The van der Waals surface area contributed by atoms with Crippen LogP contribution in [0.4, 0.5) is 0 Å². The van der Waals surface area contributed by atoms with E-state index in [1.54, 1.807) is 17.5 Å². The van der Waals surface area contributed by atoms with Gasteiger partial charge >= 0.3 is 5.97 Å². The SMILES string of the molecule is COC(=O)c1sccc1/C=C/C=O. The summed E-state index contributed by atoms with van der Waals surface area (Å²) in [4.78, 5) is 21.7. The molecule has 1 heterocycles. The Morgan fingerprint density at radius 1 is 1.62 bits per heavy atom. The third-order valence-corrected chi connectivity index (χ3v) is 2.33. The number of carbonyl (C=O) groups excluding carboxylic acids is 2. The number of ether oxygens (including phenoxy) is 1. The molecule has 13 heavy (non-hydrogen) atoms. The highest BCUT2D eigenvalue weighted by atomic mass is 32.1. The Balaban J connectivity index is 2.95. The lowest BCUT2D eigenvalue weighted by Gasteiger charge is -1.95. The van der Waals surface area contributed by atoms with Gasteiger partial charge in [-0.25, -0.2) is 4.79 Å². The van der Waals surface area contributed by atoms with Gasteiger partial charge in [-0.1, -0.05) is 6.08 Å². The Morgan fingerprint density at radius 3 is 3.00 bits per heavy atom. The summed E-state index contributed by atoms with van der Waals surface area (Å²) in [6.07, 6.45) is 3.59. The highest BCUT2D eigenvalue weighted by Crippen LogP contribution is 2.18. The zero-order valence-electron chi connectivity index (χ0n) is 7.02. The standard InChI is InChI=1S/C9H8O3S/c1-12-9(11)8-7(3-2-5-10)4-6-13-8/h2-6H,1H3/b3-2+. The first-order valence-electron chi connectivity index (χ1n) is 3.57. The molecule has 0 atom stereocenters. The Kier molecular flexibility index (Phi) is 3.40. The van der Waals surface area contributed by atoms with Crippen LogP contribution in [0.1, 0.15) is 15.2 Å². The van der Waals surface area contributed by atoms with Crippen LogP contribution < -0.4 is 0 Å². The first-order chi connectivity index (χ1) is 6.29. The zero-order chi connectivity index (χ0) is 9.68. The third kappa shape index (κ3) is 2.26. The van der Waals surface area contributed by atoms with Crippen LogP contribution in [0.15, 0.2) is 17.5 Å². The van der Waals surface area contributed by atoms with E-state index in [0.29, 0.717) is 16.7 Å². The second-order valence-corrected chi connectivity index (χ2v) is 3.11. The minimum Gasteiger partial charge on any atom is -0.465 e. The van der Waals surface area contributed by atoms with E-state index in [0.717, 1.165) is 0 Å². The van der Waals surface area contributed by atoms with E-state index < -0.39 is 0 Å². The number of rotatable bonds is 3. The van der Waals surface area contributed by atoms with Crippen molar-refractivity contribution in [1.29, 1.82) is 0 Å². The van der Waals surface area contributed by atoms with E-state index >= 15 is 0 Å². The fourth-order valence-corrected chi connectivity index (χ4v) is 1.65. The molecule has 0 N–H and O–H groups in total. The molecule has 1 aromatic rings. The van der Waals surface area contributed by atoms with Gasteiger partial charge in [0, 0.05) is 0 Å². The van der Waals surface area contributed by atoms with Crippen molar-refractivity contribution in [2.24, 2.45) is 0 Å². The molecule has 0 unspecified atom stereocenters. The van der Waals surface area contributed by atoms with E-state index in [9.17, 15) is 9.59 Å². The van der Waals surface area contributed by atoms with Crippen molar-refractivity contribution in [1.82, 2.24) is 0 Å². The van der Waals surface area contributed by atoms with Crippen molar-refractivity contribution >= 4 is 29.7 Å². The lowest BCUT2D eigenvalue weighted by atomic mass is 10.2. The molecular formula is C9H8O3S. The van der Waals surface area contributed by atoms with Crippen molar-refractivity contribution in [2.75, 3.05) is 7.11 Å². The van der Waals surface area contributed by atoms with Gasteiger partial charge in [0.05, 0.1) is 7.11 Å². The van der Waals surface area contributed by atoms with Gasteiger partial charge in [0.15, 0.2) is 0 Å². The van der Waals surface area contributed by atoms with Crippen molar-refractivity contribution in [3.63, 3.8) is 0 Å². The molecule has 3 nitrogen and oxygen atoms in total. The molecule has 1 aromatic heterocycles. The maximum atomic E-state index is 11.1. The summed E-state index contributed by atoms with van der Waals surface area (Å²) in [7, 11) is 1.33. The van der Waals surface area contributed by atoms with Crippen molar-refractivity contribution in [2.45, 2.75) is 0 Å².